The molecule has 166 valence electrons. The first-order chi connectivity index (χ1) is 17.2. The van der Waals surface area contributed by atoms with Gasteiger partial charge < -0.3 is 4.57 Å². The zero-order chi connectivity index (χ0) is 23.3. The topological polar surface area (TPSA) is 4.93 Å². The van der Waals surface area contributed by atoms with Gasteiger partial charge in [-0.05, 0) is 41.0 Å². The van der Waals surface area contributed by atoms with Gasteiger partial charge in [-0.25, -0.2) is 0 Å². The van der Waals surface area contributed by atoms with Crippen LogP contribution in [-0.4, -0.2) is 4.57 Å². The Morgan fingerprint density at radius 1 is 0.657 bits per heavy atom. The minimum Gasteiger partial charge on any atom is -0.309 e. The van der Waals surface area contributed by atoms with Crippen molar-refractivity contribution in [3.63, 3.8) is 0 Å². The van der Waals surface area contributed by atoms with Gasteiger partial charge in [-0.15, -0.1) is 11.3 Å². The van der Waals surface area contributed by atoms with Gasteiger partial charge in [0.05, 0.1) is 11.0 Å². The van der Waals surface area contributed by atoms with E-state index in [1.54, 1.807) is 0 Å². The van der Waals surface area contributed by atoms with Crippen LogP contribution in [0.25, 0.3) is 58.8 Å². The Kier molecular flexibility index (Phi) is 3.67. The maximum absolute atomic E-state index is 2.51. The highest BCUT2D eigenvalue weighted by Crippen LogP contribution is 2.58. The monoisotopic (exact) mass is 465 g/mol. The van der Waals surface area contributed by atoms with Crippen LogP contribution in [0.4, 0.5) is 0 Å². The zero-order valence-corrected chi connectivity index (χ0v) is 20.5. The van der Waals surface area contributed by atoms with Gasteiger partial charge in [0.25, 0.3) is 0 Å². The van der Waals surface area contributed by atoms with E-state index in [1.165, 1.54) is 69.9 Å². The average Bonchev–Trinajstić information content (AvgIpc) is 3.51. The van der Waals surface area contributed by atoms with E-state index in [9.17, 15) is 0 Å². The van der Waals surface area contributed by atoms with Gasteiger partial charge in [0.1, 0.15) is 0 Å². The van der Waals surface area contributed by atoms with Crippen molar-refractivity contribution >= 4 is 53.3 Å². The highest BCUT2D eigenvalue weighted by molar-refractivity contribution is 7.26. The van der Waals surface area contributed by atoms with Crippen molar-refractivity contribution in [2.45, 2.75) is 19.3 Å². The summed E-state index contributed by atoms with van der Waals surface area (Å²) in [4.78, 5) is 0. The van der Waals surface area contributed by atoms with Crippen LogP contribution in [0.5, 0.6) is 0 Å². The first kappa shape index (κ1) is 19.4. The van der Waals surface area contributed by atoms with Gasteiger partial charge in [0.15, 0.2) is 0 Å². The van der Waals surface area contributed by atoms with Crippen molar-refractivity contribution in [2.75, 3.05) is 0 Å². The SMILES string of the molecule is CC1(C)c2ccccc2-c2c1c1c3ccccc3n(-c3ccccc3)c1c1c2sc2ccccc21. The van der Waals surface area contributed by atoms with Gasteiger partial charge in [0.2, 0.25) is 0 Å². The summed E-state index contributed by atoms with van der Waals surface area (Å²) >= 11 is 1.95. The Morgan fingerprint density at radius 3 is 2.20 bits per heavy atom. The van der Waals surface area contributed by atoms with E-state index in [2.05, 4.69) is 122 Å². The molecule has 35 heavy (non-hydrogen) atoms. The molecule has 0 fully saturated rings. The Morgan fingerprint density at radius 2 is 1.34 bits per heavy atom. The molecule has 1 aliphatic rings. The van der Waals surface area contributed by atoms with Crippen LogP contribution in [0.2, 0.25) is 0 Å². The minimum absolute atomic E-state index is 0.0832. The van der Waals surface area contributed by atoms with Crippen LogP contribution in [0.1, 0.15) is 25.0 Å². The molecule has 0 amide bonds. The van der Waals surface area contributed by atoms with Crippen molar-refractivity contribution in [3.05, 3.63) is 114 Å². The molecule has 0 radical (unpaired) electrons. The van der Waals surface area contributed by atoms with E-state index in [4.69, 9.17) is 0 Å². The number of rotatable bonds is 1. The van der Waals surface area contributed by atoms with Crippen molar-refractivity contribution in [1.29, 1.82) is 0 Å². The lowest BCUT2D eigenvalue weighted by Gasteiger charge is -2.23. The summed E-state index contributed by atoms with van der Waals surface area (Å²) in [6, 6.07) is 37.8. The van der Waals surface area contributed by atoms with Crippen LogP contribution in [-0.2, 0) is 5.41 Å². The lowest BCUT2D eigenvalue weighted by molar-refractivity contribution is 0.667. The number of nitrogens with zero attached hydrogens (tertiary/aromatic N) is 1. The molecule has 2 aromatic heterocycles. The summed E-state index contributed by atoms with van der Waals surface area (Å²) < 4.78 is 5.27. The number of fused-ring (bicyclic) bond motifs is 12. The second-order valence-corrected chi connectivity index (χ2v) is 11.2. The van der Waals surface area contributed by atoms with E-state index in [0.717, 1.165) is 0 Å². The Labute approximate surface area is 207 Å². The highest BCUT2D eigenvalue weighted by Gasteiger charge is 2.40. The van der Waals surface area contributed by atoms with Crippen LogP contribution < -0.4 is 0 Å². The van der Waals surface area contributed by atoms with Crippen molar-refractivity contribution in [1.82, 2.24) is 4.57 Å². The Balaban J connectivity index is 1.76. The Hall–Kier alpha value is -3.88. The molecule has 0 unspecified atom stereocenters. The van der Waals surface area contributed by atoms with Gasteiger partial charge in [0, 0.05) is 47.6 Å². The molecule has 0 saturated heterocycles. The molecule has 0 bridgehead atoms. The van der Waals surface area contributed by atoms with E-state index < -0.39 is 0 Å². The molecule has 2 heteroatoms. The number of thiophene rings is 1. The van der Waals surface area contributed by atoms with Crippen molar-refractivity contribution < 1.29 is 0 Å². The number of aromatic nitrogens is 1. The summed E-state index contributed by atoms with van der Waals surface area (Å²) in [7, 11) is 0. The van der Waals surface area contributed by atoms with Crippen LogP contribution >= 0.6 is 11.3 Å². The molecule has 1 nitrogen and oxygen atoms in total. The predicted octanol–water partition coefficient (Wildman–Crippen LogP) is 9.46. The van der Waals surface area contributed by atoms with Gasteiger partial charge in [-0.2, -0.15) is 0 Å². The summed E-state index contributed by atoms with van der Waals surface area (Å²) in [5, 5.41) is 5.46. The summed E-state index contributed by atoms with van der Waals surface area (Å²) in [6.07, 6.45) is 0. The average molecular weight is 466 g/mol. The zero-order valence-electron chi connectivity index (χ0n) is 19.7. The maximum atomic E-state index is 2.51. The van der Waals surface area contributed by atoms with E-state index in [1.807, 2.05) is 11.3 Å². The molecule has 0 N–H and O–H groups in total. The van der Waals surface area contributed by atoms with Crippen LogP contribution in [0, 0.1) is 0 Å². The summed E-state index contributed by atoms with van der Waals surface area (Å²) in [6.45, 7) is 4.82. The molecule has 7 aromatic rings. The quantitative estimate of drug-likeness (QED) is 0.227. The third kappa shape index (κ3) is 2.33. The predicted molar refractivity (Wildman–Crippen MR) is 151 cm³/mol. The second kappa shape index (κ2) is 6.62. The molecule has 0 aliphatic heterocycles. The standard InChI is InChI=1S/C33H23NS/c1-33(2)24-17-9-6-14-21(24)28-30(33)27-22-15-7-10-18-25(22)34(20-12-4-3-5-13-20)31(27)29-23-16-8-11-19-26(23)35-32(28)29/h3-19H,1-2H3. The smallest absolute Gasteiger partial charge is 0.0637 e. The number of hydrogen-bond donors (Lipinski definition) is 0. The third-order valence-corrected chi connectivity index (χ3v) is 9.13. The third-order valence-electron chi connectivity index (χ3n) is 7.94. The summed E-state index contributed by atoms with van der Waals surface area (Å²) in [5.41, 5.74) is 9.46. The number of hydrogen-bond acceptors (Lipinski definition) is 1. The van der Waals surface area contributed by atoms with Gasteiger partial charge >= 0.3 is 0 Å². The molecule has 2 heterocycles. The molecule has 0 atom stereocenters. The normalized spacial score (nSPS) is 14.2. The fourth-order valence-corrected chi connectivity index (χ4v) is 7.80. The van der Waals surface area contributed by atoms with Gasteiger partial charge in [-0.1, -0.05) is 92.7 Å². The molecule has 0 saturated carbocycles. The van der Waals surface area contributed by atoms with Gasteiger partial charge in [-0.3, -0.25) is 0 Å². The summed E-state index contributed by atoms with van der Waals surface area (Å²) in [5.74, 6) is 0. The fraction of sp³-hybridized carbons (Fsp3) is 0.0909. The molecule has 5 aromatic carbocycles. The molecular formula is C33H23NS. The highest BCUT2D eigenvalue weighted by atomic mass is 32.1. The Bertz CT molecular complexity index is 1970. The first-order valence-electron chi connectivity index (χ1n) is 12.2. The van der Waals surface area contributed by atoms with E-state index in [-0.39, 0.29) is 5.41 Å². The lowest BCUT2D eigenvalue weighted by Crippen LogP contribution is -2.15. The molecule has 1 aliphatic carbocycles. The van der Waals surface area contributed by atoms with E-state index in [0.29, 0.717) is 0 Å². The molecular weight excluding hydrogens is 442 g/mol. The van der Waals surface area contributed by atoms with E-state index >= 15 is 0 Å². The van der Waals surface area contributed by atoms with Crippen molar-refractivity contribution in [2.24, 2.45) is 0 Å². The molecule has 0 spiro atoms. The largest absolute Gasteiger partial charge is 0.309 e. The fourth-order valence-electron chi connectivity index (χ4n) is 6.53. The maximum Gasteiger partial charge on any atom is 0.0637 e. The first-order valence-corrected chi connectivity index (χ1v) is 13.0. The minimum atomic E-state index is -0.0832. The van der Waals surface area contributed by atoms with Crippen LogP contribution in [0.15, 0.2) is 103 Å². The number of benzene rings is 5. The number of para-hydroxylation sites is 2. The second-order valence-electron chi connectivity index (χ2n) is 10.1. The molecule has 8 rings (SSSR count). The van der Waals surface area contributed by atoms with Crippen molar-refractivity contribution in [3.8, 4) is 16.8 Å². The van der Waals surface area contributed by atoms with Crippen LogP contribution in [0.3, 0.4) is 0 Å². The lowest BCUT2D eigenvalue weighted by atomic mass is 9.80.